The Morgan fingerprint density at radius 1 is 1.21 bits per heavy atom. The summed E-state index contributed by atoms with van der Waals surface area (Å²) in [6.07, 6.45) is 2.57. The number of nitrogens with zero attached hydrogens (tertiary/aromatic N) is 6. The van der Waals surface area contributed by atoms with Gasteiger partial charge in [-0.2, -0.15) is 19.6 Å². The van der Waals surface area contributed by atoms with E-state index in [9.17, 15) is 13.2 Å². The van der Waals surface area contributed by atoms with E-state index in [0.717, 1.165) is 17.2 Å². The van der Waals surface area contributed by atoms with Gasteiger partial charge < -0.3 is 15.5 Å². The van der Waals surface area contributed by atoms with Crippen LogP contribution >= 0.6 is 11.6 Å². The predicted molar refractivity (Wildman–Crippen MR) is 128 cm³/mol. The number of carbonyl (C=O) groups is 1. The van der Waals surface area contributed by atoms with Crippen LogP contribution in [0, 0.1) is 0 Å². The lowest BCUT2D eigenvalue weighted by atomic mass is 10.0. The van der Waals surface area contributed by atoms with Gasteiger partial charge in [-0.25, -0.2) is 13.4 Å². The molecular weight excluding hydrogens is 480 g/mol. The van der Waals surface area contributed by atoms with Crippen LogP contribution in [0.4, 0.5) is 11.8 Å². The maximum Gasteiger partial charge on any atom is 0.252 e. The van der Waals surface area contributed by atoms with Crippen molar-refractivity contribution in [3.05, 3.63) is 47.1 Å². The van der Waals surface area contributed by atoms with E-state index in [2.05, 4.69) is 25.7 Å². The Balaban J connectivity index is 1.62. The Hall–Kier alpha value is -3.51. The summed E-state index contributed by atoms with van der Waals surface area (Å²) < 4.78 is 25.7. The molecular formula is C21H21ClN8O3S. The van der Waals surface area contributed by atoms with Crippen molar-refractivity contribution in [2.45, 2.75) is 18.1 Å². The Bertz CT molecular complexity index is 1540. The van der Waals surface area contributed by atoms with E-state index in [1.54, 1.807) is 12.1 Å². The molecule has 0 spiro atoms. The van der Waals surface area contributed by atoms with Gasteiger partial charge in [0.05, 0.1) is 29.3 Å². The van der Waals surface area contributed by atoms with E-state index in [0.29, 0.717) is 35.1 Å². The van der Waals surface area contributed by atoms with Crippen LogP contribution in [0.25, 0.3) is 16.6 Å². The largest absolute Gasteiger partial charge is 0.353 e. The SMILES string of the molecule is CC(Nc1nc(S(C)(=O)=O)nc2ccnn12)c1cc2cccc(Cl)c2nc1N1CCNC(=O)C1. The number of hydrogen-bond acceptors (Lipinski definition) is 9. The summed E-state index contributed by atoms with van der Waals surface area (Å²) in [6.45, 7) is 3.15. The first kappa shape index (κ1) is 22.3. The van der Waals surface area contributed by atoms with E-state index in [1.807, 2.05) is 30.0 Å². The number of anilines is 2. The van der Waals surface area contributed by atoms with Crippen molar-refractivity contribution in [2.75, 3.05) is 36.1 Å². The lowest BCUT2D eigenvalue weighted by molar-refractivity contribution is -0.120. The number of amides is 1. The molecule has 11 nitrogen and oxygen atoms in total. The molecule has 0 aliphatic carbocycles. The van der Waals surface area contributed by atoms with E-state index >= 15 is 0 Å². The van der Waals surface area contributed by atoms with Gasteiger partial charge in [-0.3, -0.25) is 4.79 Å². The first-order chi connectivity index (χ1) is 16.2. The number of pyridine rings is 1. The molecule has 34 heavy (non-hydrogen) atoms. The Labute approximate surface area is 200 Å². The summed E-state index contributed by atoms with van der Waals surface area (Å²) in [6, 6.07) is 8.71. The number of hydrogen-bond donors (Lipinski definition) is 2. The standard InChI is InChI=1S/C21H21ClN8O3S/c1-12(25-20-28-21(34(2,32)33)26-16-6-7-24-30(16)20)14-10-13-4-3-5-15(22)18(13)27-19(14)29-9-8-23-17(31)11-29/h3-7,10,12H,8-9,11H2,1-2H3,(H,23,31)(H,25,26,28). The fraction of sp³-hybridized carbons (Fsp3) is 0.286. The minimum absolute atomic E-state index is 0.0919. The van der Waals surface area contributed by atoms with Gasteiger partial charge in [-0.1, -0.05) is 23.7 Å². The second-order valence-electron chi connectivity index (χ2n) is 8.05. The molecule has 13 heteroatoms. The molecule has 3 aromatic heterocycles. The van der Waals surface area contributed by atoms with Crippen LogP contribution in [-0.4, -0.2) is 64.8 Å². The van der Waals surface area contributed by atoms with Crippen molar-refractivity contribution in [3.63, 3.8) is 0 Å². The number of halogens is 1. The van der Waals surface area contributed by atoms with Crippen molar-refractivity contribution in [1.82, 2.24) is 29.9 Å². The zero-order chi connectivity index (χ0) is 24.0. The average molecular weight is 501 g/mol. The average Bonchev–Trinajstić information content (AvgIpc) is 3.27. The summed E-state index contributed by atoms with van der Waals surface area (Å²) in [5, 5.41) is 11.3. The van der Waals surface area contributed by atoms with Gasteiger partial charge >= 0.3 is 0 Å². The molecule has 2 N–H and O–H groups in total. The maximum absolute atomic E-state index is 12.1. The summed E-state index contributed by atoms with van der Waals surface area (Å²) in [4.78, 5) is 27.1. The highest BCUT2D eigenvalue weighted by Crippen LogP contribution is 2.33. The second-order valence-corrected chi connectivity index (χ2v) is 10.4. The van der Waals surface area contributed by atoms with Gasteiger partial charge in [0.15, 0.2) is 5.65 Å². The third-order valence-electron chi connectivity index (χ3n) is 5.52. The number of para-hydroxylation sites is 1. The highest BCUT2D eigenvalue weighted by atomic mass is 35.5. The molecule has 1 amide bonds. The topological polar surface area (TPSA) is 134 Å². The van der Waals surface area contributed by atoms with Crippen molar-refractivity contribution < 1.29 is 13.2 Å². The van der Waals surface area contributed by atoms with Crippen LogP contribution in [-0.2, 0) is 14.6 Å². The first-order valence-corrected chi connectivity index (χ1v) is 12.8. The minimum atomic E-state index is -3.64. The fourth-order valence-corrected chi connectivity index (χ4v) is 4.63. The predicted octanol–water partition coefficient (Wildman–Crippen LogP) is 1.84. The zero-order valence-electron chi connectivity index (χ0n) is 18.4. The lowest BCUT2D eigenvalue weighted by Crippen LogP contribution is -2.48. The van der Waals surface area contributed by atoms with Crippen molar-refractivity contribution in [3.8, 4) is 0 Å². The third kappa shape index (κ3) is 4.10. The van der Waals surface area contributed by atoms with Gasteiger partial charge in [0.25, 0.3) is 5.16 Å². The number of carbonyl (C=O) groups excluding carboxylic acids is 1. The number of nitrogens with one attached hydrogen (secondary N) is 2. The third-order valence-corrected chi connectivity index (χ3v) is 6.67. The second kappa shape index (κ2) is 8.37. The highest BCUT2D eigenvalue weighted by Gasteiger charge is 2.25. The van der Waals surface area contributed by atoms with Crippen LogP contribution in [0.3, 0.4) is 0 Å². The van der Waals surface area contributed by atoms with E-state index < -0.39 is 9.84 Å². The molecule has 1 aliphatic rings. The van der Waals surface area contributed by atoms with Gasteiger partial charge in [0, 0.05) is 36.4 Å². The van der Waals surface area contributed by atoms with Crippen molar-refractivity contribution in [1.29, 1.82) is 0 Å². The van der Waals surface area contributed by atoms with Gasteiger partial charge in [-0.05, 0) is 19.1 Å². The smallest absolute Gasteiger partial charge is 0.252 e. The molecule has 5 rings (SSSR count). The number of benzene rings is 1. The fourth-order valence-electron chi connectivity index (χ4n) is 3.90. The molecule has 0 radical (unpaired) electrons. The molecule has 1 aliphatic heterocycles. The number of aromatic nitrogens is 5. The first-order valence-electron chi connectivity index (χ1n) is 10.5. The summed E-state index contributed by atoms with van der Waals surface area (Å²) in [5.74, 6) is 0.742. The normalized spacial score (nSPS) is 15.5. The van der Waals surface area contributed by atoms with Gasteiger partial charge in [0.2, 0.25) is 21.7 Å². The molecule has 176 valence electrons. The number of sulfone groups is 1. The highest BCUT2D eigenvalue weighted by molar-refractivity contribution is 7.90. The summed E-state index contributed by atoms with van der Waals surface area (Å²) >= 11 is 6.41. The quantitative estimate of drug-likeness (QED) is 0.420. The summed E-state index contributed by atoms with van der Waals surface area (Å²) in [7, 11) is -3.64. The monoisotopic (exact) mass is 500 g/mol. The molecule has 1 unspecified atom stereocenters. The Kier molecular flexibility index (Phi) is 5.48. The molecule has 4 aromatic rings. The van der Waals surface area contributed by atoms with Crippen molar-refractivity contribution in [2.24, 2.45) is 0 Å². The van der Waals surface area contributed by atoms with Crippen LogP contribution in [0.5, 0.6) is 0 Å². The number of fused-ring (bicyclic) bond motifs is 2. The molecule has 1 atom stereocenters. The molecule has 4 heterocycles. The Morgan fingerprint density at radius 2 is 2.03 bits per heavy atom. The van der Waals surface area contributed by atoms with Crippen molar-refractivity contribution >= 4 is 55.7 Å². The lowest BCUT2D eigenvalue weighted by Gasteiger charge is -2.31. The van der Waals surface area contributed by atoms with Gasteiger partial charge in [0.1, 0.15) is 5.82 Å². The van der Waals surface area contributed by atoms with Gasteiger partial charge in [-0.15, -0.1) is 0 Å². The van der Waals surface area contributed by atoms with E-state index in [-0.39, 0.29) is 29.6 Å². The number of rotatable bonds is 5. The van der Waals surface area contributed by atoms with Crippen LogP contribution in [0.15, 0.2) is 41.7 Å². The van der Waals surface area contributed by atoms with E-state index in [1.165, 1.54) is 10.7 Å². The maximum atomic E-state index is 12.1. The van der Waals surface area contributed by atoms with Crippen LogP contribution in [0.2, 0.25) is 5.02 Å². The number of piperazine rings is 1. The van der Waals surface area contributed by atoms with E-state index in [4.69, 9.17) is 16.6 Å². The molecule has 1 saturated heterocycles. The Morgan fingerprint density at radius 3 is 2.79 bits per heavy atom. The molecule has 0 saturated carbocycles. The zero-order valence-corrected chi connectivity index (χ0v) is 19.9. The molecule has 0 bridgehead atoms. The summed E-state index contributed by atoms with van der Waals surface area (Å²) in [5.41, 5.74) is 1.78. The molecule has 1 aromatic carbocycles. The minimum Gasteiger partial charge on any atom is -0.353 e. The van der Waals surface area contributed by atoms with Crippen LogP contribution < -0.4 is 15.5 Å². The van der Waals surface area contributed by atoms with Crippen LogP contribution in [0.1, 0.15) is 18.5 Å². The molecule has 1 fully saturated rings.